The van der Waals surface area contributed by atoms with Gasteiger partial charge in [-0.15, -0.1) is 0 Å². The van der Waals surface area contributed by atoms with E-state index in [2.05, 4.69) is 29.7 Å². The summed E-state index contributed by atoms with van der Waals surface area (Å²) in [5.74, 6) is 1.31. The zero-order valence-electron chi connectivity index (χ0n) is 14.7. The van der Waals surface area contributed by atoms with Gasteiger partial charge in [-0.25, -0.2) is 0 Å². The molecule has 2 N–H and O–H groups in total. The van der Waals surface area contributed by atoms with Gasteiger partial charge in [-0.3, -0.25) is 5.43 Å². The lowest BCUT2D eigenvalue weighted by atomic mass is 9.89. The van der Waals surface area contributed by atoms with E-state index in [1.807, 2.05) is 37.4 Å². The number of nitrogens with one attached hydrogen (secondary N) is 2. The minimum absolute atomic E-state index is 0.0681. The molecular formula is C18H27N3O2S. The van der Waals surface area contributed by atoms with Crippen LogP contribution in [0.5, 0.6) is 5.75 Å². The number of hydrogen-bond donors (Lipinski definition) is 2. The Morgan fingerprint density at radius 2 is 2.17 bits per heavy atom. The smallest absolute Gasteiger partial charge is 0.187 e. The second kappa shape index (κ2) is 8.99. The summed E-state index contributed by atoms with van der Waals surface area (Å²) in [5, 5.41) is 7.92. The summed E-state index contributed by atoms with van der Waals surface area (Å²) in [4.78, 5) is 0. The quantitative estimate of drug-likeness (QED) is 0.469. The van der Waals surface area contributed by atoms with Gasteiger partial charge < -0.3 is 14.8 Å². The normalized spacial score (nSPS) is 19.9. The van der Waals surface area contributed by atoms with Crippen LogP contribution in [-0.2, 0) is 11.3 Å². The second-order valence-electron chi connectivity index (χ2n) is 6.51. The fourth-order valence-corrected chi connectivity index (χ4v) is 2.82. The van der Waals surface area contributed by atoms with E-state index >= 15 is 0 Å². The Bertz CT molecular complexity index is 558. The van der Waals surface area contributed by atoms with Crippen LogP contribution in [0.1, 0.15) is 39.2 Å². The van der Waals surface area contributed by atoms with Crippen LogP contribution in [0, 0.1) is 5.92 Å². The minimum Gasteiger partial charge on any atom is -0.494 e. The van der Waals surface area contributed by atoms with E-state index in [-0.39, 0.29) is 5.60 Å². The van der Waals surface area contributed by atoms with Crippen molar-refractivity contribution >= 4 is 23.5 Å². The summed E-state index contributed by atoms with van der Waals surface area (Å²) < 4.78 is 11.1. The molecular weight excluding hydrogens is 322 g/mol. The van der Waals surface area contributed by atoms with E-state index in [1.54, 1.807) is 0 Å². The van der Waals surface area contributed by atoms with Gasteiger partial charge >= 0.3 is 0 Å². The average molecular weight is 350 g/mol. The summed E-state index contributed by atoms with van der Waals surface area (Å²) in [6, 6.07) is 7.96. The standard InChI is InChI=1S/C18H27N3O2S/c1-4-22-16-7-5-14(6-8-16)12-19-17(24)21-20-13-15-9-10-23-18(2,3)11-15/h5-8,13,15H,4,9-12H2,1-3H3,(H2,19,21,24). The maximum absolute atomic E-state index is 5.71. The van der Waals surface area contributed by atoms with Crippen LogP contribution in [0.15, 0.2) is 29.4 Å². The highest BCUT2D eigenvalue weighted by atomic mass is 32.1. The predicted molar refractivity (Wildman–Crippen MR) is 101 cm³/mol. The summed E-state index contributed by atoms with van der Waals surface area (Å²) in [7, 11) is 0. The lowest BCUT2D eigenvalue weighted by molar-refractivity contribution is -0.0608. The third-order valence-corrected chi connectivity index (χ3v) is 4.11. The number of nitrogens with zero attached hydrogens (tertiary/aromatic N) is 1. The number of rotatable bonds is 6. The van der Waals surface area contributed by atoms with Gasteiger partial charge in [0.1, 0.15) is 5.75 Å². The number of hydrogen-bond acceptors (Lipinski definition) is 4. The largest absolute Gasteiger partial charge is 0.494 e. The molecule has 0 amide bonds. The lowest BCUT2D eigenvalue weighted by Crippen LogP contribution is -2.35. The maximum atomic E-state index is 5.71. The molecule has 0 radical (unpaired) electrons. The fraction of sp³-hybridized carbons (Fsp3) is 0.556. The van der Waals surface area contributed by atoms with Crippen molar-refractivity contribution in [1.29, 1.82) is 0 Å². The molecule has 1 atom stereocenters. The topological polar surface area (TPSA) is 54.9 Å². The molecule has 1 fully saturated rings. The minimum atomic E-state index is -0.0681. The van der Waals surface area contributed by atoms with E-state index in [1.165, 1.54) is 0 Å². The van der Waals surface area contributed by atoms with Crippen molar-refractivity contribution < 1.29 is 9.47 Å². The summed E-state index contributed by atoms with van der Waals surface area (Å²) >= 11 is 5.25. The third kappa shape index (κ3) is 6.45. The summed E-state index contributed by atoms with van der Waals surface area (Å²) in [6.07, 6.45) is 3.92. The Morgan fingerprint density at radius 3 is 2.83 bits per heavy atom. The SMILES string of the molecule is CCOc1ccc(CNC(=S)NN=CC2CCOC(C)(C)C2)cc1. The van der Waals surface area contributed by atoms with Crippen LogP contribution >= 0.6 is 12.2 Å². The molecule has 0 saturated carbocycles. The highest BCUT2D eigenvalue weighted by Gasteiger charge is 2.27. The van der Waals surface area contributed by atoms with Gasteiger partial charge in [-0.1, -0.05) is 12.1 Å². The van der Waals surface area contributed by atoms with Crippen LogP contribution in [0.3, 0.4) is 0 Å². The van der Waals surface area contributed by atoms with Crippen LogP contribution in [0.25, 0.3) is 0 Å². The molecule has 2 rings (SSSR count). The van der Waals surface area contributed by atoms with Crippen molar-refractivity contribution in [3.05, 3.63) is 29.8 Å². The molecule has 1 saturated heterocycles. The molecule has 1 unspecified atom stereocenters. The molecule has 132 valence electrons. The van der Waals surface area contributed by atoms with Crippen molar-refractivity contribution in [2.24, 2.45) is 11.0 Å². The molecule has 0 spiro atoms. The molecule has 1 aliphatic heterocycles. The first-order valence-corrected chi connectivity index (χ1v) is 8.82. The number of thiocarbonyl (C=S) groups is 1. The fourth-order valence-electron chi connectivity index (χ4n) is 2.70. The first kappa shape index (κ1) is 18.7. The molecule has 1 aromatic rings. The number of hydrazone groups is 1. The average Bonchev–Trinajstić information content (AvgIpc) is 2.54. The van der Waals surface area contributed by atoms with E-state index in [4.69, 9.17) is 21.7 Å². The third-order valence-electron chi connectivity index (χ3n) is 3.87. The Balaban J connectivity index is 1.70. The summed E-state index contributed by atoms with van der Waals surface area (Å²) in [6.45, 7) is 8.31. The van der Waals surface area contributed by atoms with Crippen LogP contribution in [-0.4, -0.2) is 30.1 Å². The highest BCUT2D eigenvalue weighted by molar-refractivity contribution is 7.80. The number of ether oxygens (including phenoxy) is 2. The van der Waals surface area contributed by atoms with Gasteiger partial charge in [0.15, 0.2) is 5.11 Å². The van der Waals surface area contributed by atoms with E-state index in [9.17, 15) is 0 Å². The van der Waals surface area contributed by atoms with Crippen LogP contribution in [0.4, 0.5) is 0 Å². The highest BCUT2D eigenvalue weighted by Crippen LogP contribution is 2.27. The Kier molecular flexibility index (Phi) is 6.99. The van der Waals surface area contributed by atoms with Crippen molar-refractivity contribution in [1.82, 2.24) is 10.7 Å². The van der Waals surface area contributed by atoms with Gasteiger partial charge in [0.2, 0.25) is 0 Å². The van der Waals surface area contributed by atoms with Crippen molar-refractivity contribution in [2.45, 2.75) is 45.8 Å². The van der Waals surface area contributed by atoms with Gasteiger partial charge in [0.25, 0.3) is 0 Å². The Hall–Kier alpha value is -1.66. The van der Waals surface area contributed by atoms with Crippen molar-refractivity contribution in [2.75, 3.05) is 13.2 Å². The molecule has 1 aromatic carbocycles. The molecule has 0 aliphatic carbocycles. The van der Waals surface area contributed by atoms with Crippen molar-refractivity contribution in [3.63, 3.8) is 0 Å². The second-order valence-corrected chi connectivity index (χ2v) is 6.92. The molecule has 6 heteroatoms. The molecule has 24 heavy (non-hydrogen) atoms. The van der Waals surface area contributed by atoms with Gasteiger partial charge in [-0.2, -0.15) is 5.10 Å². The first-order chi connectivity index (χ1) is 11.5. The van der Waals surface area contributed by atoms with Crippen LogP contribution in [0.2, 0.25) is 0 Å². The molecule has 5 nitrogen and oxygen atoms in total. The Morgan fingerprint density at radius 1 is 1.42 bits per heavy atom. The first-order valence-electron chi connectivity index (χ1n) is 8.41. The van der Waals surface area contributed by atoms with E-state index in [0.29, 0.717) is 24.2 Å². The van der Waals surface area contributed by atoms with Crippen molar-refractivity contribution in [3.8, 4) is 5.75 Å². The van der Waals surface area contributed by atoms with Gasteiger partial charge in [0, 0.05) is 25.3 Å². The Labute approximate surface area is 149 Å². The molecule has 1 aliphatic rings. The van der Waals surface area contributed by atoms with E-state index in [0.717, 1.165) is 30.8 Å². The predicted octanol–water partition coefficient (Wildman–Crippen LogP) is 3.24. The summed E-state index contributed by atoms with van der Waals surface area (Å²) in [5.41, 5.74) is 3.95. The molecule has 0 bridgehead atoms. The lowest BCUT2D eigenvalue weighted by Gasteiger charge is -2.33. The molecule has 0 aromatic heterocycles. The van der Waals surface area contributed by atoms with E-state index < -0.39 is 0 Å². The zero-order valence-corrected chi connectivity index (χ0v) is 15.5. The van der Waals surface area contributed by atoms with Gasteiger partial charge in [-0.05, 0) is 63.5 Å². The zero-order chi connectivity index (χ0) is 17.4. The molecule has 1 heterocycles. The maximum Gasteiger partial charge on any atom is 0.187 e. The van der Waals surface area contributed by atoms with Crippen LogP contribution < -0.4 is 15.5 Å². The monoisotopic (exact) mass is 349 g/mol. The number of benzene rings is 1. The van der Waals surface area contributed by atoms with Gasteiger partial charge in [0.05, 0.1) is 12.2 Å².